The lowest BCUT2D eigenvalue weighted by Crippen LogP contribution is -2.61. The third kappa shape index (κ3) is 2.38. The predicted molar refractivity (Wildman–Crippen MR) is 103 cm³/mol. The summed E-state index contributed by atoms with van der Waals surface area (Å²) in [5.74, 6) is 1.08. The van der Waals surface area contributed by atoms with Gasteiger partial charge in [-0.3, -0.25) is 9.59 Å². The number of carbonyl (C=O) groups is 2. The van der Waals surface area contributed by atoms with E-state index in [2.05, 4.69) is 6.92 Å². The second kappa shape index (κ2) is 6.34. The first kappa shape index (κ1) is 19.2. The Morgan fingerprint density at radius 3 is 2.79 bits per heavy atom. The Bertz CT molecular complexity index is 844. The molecule has 29 heavy (non-hydrogen) atoms. The summed E-state index contributed by atoms with van der Waals surface area (Å²) in [6.45, 7) is 6.34. The van der Waals surface area contributed by atoms with Crippen LogP contribution < -0.4 is 0 Å². The molecule has 6 heteroatoms. The van der Waals surface area contributed by atoms with Crippen LogP contribution in [0.2, 0.25) is 0 Å². The lowest BCUT2D eigenvalue weighted by molar-refractivity contribution is -0.192. The highest BCUT2D eigenvalue weighted by atomic mass is 16.5. The molecule has 6 nitrogen and oxygen atoms in total. The summed E-state index contributed by atoms with van der Waals surface area (Å²) in [7, 11) is 1.47. The Balaban J connectivity index is 1.66. The standard InChI is InChI=1S/C23H30O6/c1-12-14-6-9-27-19(14)20-18-17(12)15(29-13(2)24)10-16-22(3,21(25)26-4)7-5-8-23(16,18)11-28-20/h6,9,12,15-18,20H,5,7-8,10-11H2,1-4H3/t12-,15-,16-,17+,18+,20+,22+,23+/m0/s1. The highest BCUT2D eigenvalue weighted by molar-refractivity contribution is 5.77. The second-order valence-corrected chi connectivity index (χ2v) is 9.80. The summed E-state index contributed by atoms with van der Waals surface area (Å²) >= 11 is 0. The molecule has 0 unspecified atom stereocenters. The number of ether oxygens (including phenoxy) is 3. The van der Waals surface area contributed by atoms with Crippen molar-refractivity contribution in [3.8, 4) is 0 Å². The van der Waals surface area contributed by atoms with Crippen molar-refractivity contribution in [2.24, 2.45) is 28.6 Å². The fourth-order valence-electron chi connectivity index (χ4n) is 7.62. The zero-order valence-corrected chi connectivity index (χ0v) is 17.6. The number of furan rings is 1. The van der Waals surface area contributed by atoms with E-state index in [0.29, 0.717) is 13.0 Å². The van der Waals surface area contributed by atoms with E-state index in [9.17, 15) is 9.59 Å². The van der Waals surface area contributed by atoms with Gasteiger partial charge in [0.1, 0.15) is 18.0 Å². The molecule has 1 aromatic heterocycles. The van der Waals surface area contributed by atoms with E-state index in [0.717, 1.165) is 30.6 Å². The van der Waals surface area contributed by atoms with Gasteiger partial charge in [0.15, 0.2) is 0 Å². The molecule has 1 saturated heterocycles. The van der Waals surface area contributed by atoms with Crippen LogP contribution in [0.15, 0.2) is 16.7 Å². The molecule has 158 valence electrons. The summed E-state index contributed by atoms with van der Waals surface area (Å²) in [4.78, 5) is 24.9. The number of rotatable bonds is 2. The van der Waals surface area contributed by atoms with Crippen LogP contribution in [0.5, 0.6) is 0 Å². The topological polar surface area (TPSA) is 75.0 Å². The van der Waals surface area contributed by atoms with Gasteiger partial charge < -0.3 is 18.6 Å². The van der Waals surface area contributed by atoms with E-state index in [1.165, 1.54) is 14.0 Å². The summed E-state index contributed by atoms with van der Waals surface area (Å²) in [6.07, 6.45) is 4.84. The maximum absolute atomic E-state index is 12.9. The van der Waals surface area contributed by atoms with Crippen LogP contribution in [0.1, 0.15) is 69.8 Å². The third-order valence-corrected chi connectivity index (χ3v) is 8.66. The minimum atomic E-state index is -0.596. The normalized spacial score (nSPS) is 45.0. The van der Waals surface area contributed by atoms with Crippen molar-refractivity contribution in [1.82, 2.24) is 0 Å². The van der Waals surface area contributed by atoms with Crippen LogP contribution in [-0.2, 0) is 23.8 Å². The van der Waals surface area contributed by atoms with Gasteiger partial charge in [-0.2, -0.15) is 0 Å². The highest BCUT2D eigenvalue weighted by Gasteiger charge is 2.70. The minimum Gasteiger partial charge on any atom is -0.469 e. The van der Waals surface area contributed by atoms with E-state index < -0.39 is 5.41 Å². The van der Waals surface area contributed by atoms with Crippen molar-refractivity contribution in [2.45, 2.75) is 64.6 Å². The van der Waals surface area contributed by atoms with Gasteiger partial charge in [0.05, 0.1) is 25.4 Å². The largest absolute Gasteiger partial charge is 0.469 e. The smallest absolute Gasteiger partial charge is 0.311 e. The van der Waals surface area contributed by atoms with Crippen molar-refractivity contribution in [2.75, 3.05) is 13.7 Å². The lowest BCUT2D eigenvalue weighted by atomic mass is 9.42. The molecule has 2 saturated carbocycles. The van der Waals surface area contributed by atoms with Gasteiger partial charge in [-0.05, 0) is 49.7 Å². The number of methoxy groups -OCH3 is 1. The Morgan fingerprint density at radius 1 is 1.28 bits per heavy atom. The molecule has 1 aromatic rings. The van der Waals surface area contributed by atoms with Gasteiger partial charge in [0.2, 0.25) is 0 Å². The van der Waals surface area contributed by atoms with Crippen molar-refractivity contribution >= 4 is 11.9 Å². The van der Waals surface area contributed by atoms with Crippen LogP contribution in [0.4, 0.5) is 0 Å². The van der Waals surface area contributed by atoms with Gasteiger partial charge in [-0.15, -0.1) is 0 Å². The van der Waals surface area contributed by atoms with E-state index in [4.69, 9.17) is 18.6 Å². The molecule has 4 aliphatic rings. The van der Waals surface area contributed by atoms with Gasteiger partial charge >= 0.3 is 11.9 Å². The molecule has 3 fully saturated rings. The minimum absolute atomic E-state index is 0.0514. The molecule has 5 rings (SSSR count). The van der Waals surface area contributed by atoms with Crippen molar-refractivity contribution in [3.05, 3.63) is 23.7 Å². The maximum Gasteiger partial charge on any atom is 0.311 e. The first-order chi connectivity index (χ1) is 13.8. The quantitative estimate of drug-likeness (QED) is 0.696. The van der Waals surface area contributed by atoms with Gasteiger partial charge in [-0.25, -0.2) is 0 Å². The first-order valence-corrected chi connectivity index (χ1v) is 10.8. The molecule has 1 spiro atoms. The fraction of sp³-hybridized carbons (Fsp3) is 0.739. The van der Waals surface area contributed by atoms with Crippen LogP contribution in [0, 0.1) is 28.6 Å². The van der Waals surface area contributed by atoms with E-state index in [-0.39, 0.29) is 53.2 Å². The molecule has 3 aliphatic carbocycles. The average molecular weight is 402 g/mol. The zero-order valence-electron chi connectivity index (χ0n) is 17.6. The Kier molecular flexibility index (Phi) is 4.19. The van der Waals surface area contributed by atoms with Crippen molar-refractivity contribution in [3.63, 3.8) is 0 Å². The van der Waals surface area contributed by atoms with Crippen LogP contribution in [0.3, 0.4) is 0 Å². The fourth-order valence-corrected chi connectivity index (χ4v) is 7.62. The summed E-state index contributed by atoms with van der Waals surface area (Å²) < 4.78 is 23.5. The number of esters is 2. The van der Waals surface area contributed by atoms with Crippen LogP contribution in [-0.4, -0.2) is 31.8 Å². The molecule has 2 heterocycles. The van der Waals surface area contributed by atoms with E-state index in [1.54, 1.807) is 6.26 Å². The van der Waals surface area contributed by atoms with Crippen molar-refractivity contribution in [1.29, 1.82) is 0 Å². The van der Waals surface area contributed by atoms with Crippen LogP contribution >= 0.6 is 0 Å². The van der Waals surface area contributed by atoms with Gasteiger partial charge in [0.25, 0.3) is 0 Å². The highest BCUT2D eigenvalue weighted by Crippen LogP contribution is 2.71. The molecule has 0 bridgehead atoms. The predicted octanol–water partition coefficient (Wildman–Crippen LogP) is 4.00. The summed E-state index contributed by atoms with van der Waals surface area (Å²) in [6, 6.07) is 2.03. The first-order valence-electron chi connectivity index (χ1n) is 10.8. The number of fused-ring (bicyclic) bond motifs is 2. The SMILES string of the molecule is COC(=O)[C@]1(C)CCC[C@]23CO[C@H]4c5occc5[C@H](C)[C@@H]([C@H]42)[C@@H](OC(C)=O)C[C@H]31. The van der Waals surface area contributed by atoms with Crippen molar-refractivity contribution < 1.29 is 28.2 Å². The van der Waals surface area contributed by atoms with E-state index >= 15 is 0 Å². The molecule has 8 atom stereocenters. The molecule has 0 radical (unpaired) electrons. The molecule has 1 aliphatic heterocycles. The van der Waals surface area contributed by atoms with Gasteiger partial charge in [0, 0.05) is 24.2 Å². The number of carbonyl (C=O) groups excluding carboxylic acids is 2. The molecular weight excluding hydrogens is 372 g/mol. The third-order valence-electron chi connectivity index (χ3n) is 8.66. The zero-order chi connectivity index (χ0) is 20.6. The lowest BCUT2D eigenvalue weighted by Gasteiger charge is -2.60. The Morgan fingerprint density at radius 2 is 2.07 bits per heavy atom. The molecular formula is C23H30O6. The molecule has 0 aromatic carbocycles. The Hall–Kier alpha value is -1.82. The summed E-state index contributed by atoms with van der Waals surface area (Å²) in [5.41, 5.74) is 0.447. The van der Waals surface area contributed by atoms with E-state index in [1.807, 2.05) is 13.0 Å². The second-order valence-electron chi connectivity index (χ2n) is 9.80. The number of hydrogen-bond acceptors (Lipinski definition) is 6. The molecule has 0 N–H and O–H groups in total. The monoisotopic (exact) mass is 402 g/mol. The van der Waals surface area contributed by atoms with Crippen LogP contribution in [0.25, 0.3) is 0 Å². The van der Waals surface area contributed by atoms with Gasteiger partial charge in [-0.1, -0.05) is 13.3 Å². The summed E-state index contributed by atoms with van der Waals surface area (Å²) in [5, 5.41) is 0. The average Bonchev–Trinajstić information content (AvgIpc) is 3.30. The molecule has 0 amide bonds. The number of hydrogen-bond donors (Lipinski definition) is 0. The Labute approximate surface area is 171 Å². The maximum atomic E-state index is 12.9.